The van der Waals surface area contributed by atoms with E-state index in [1.165, 1.54) is 0 Å². The van der Waals surface area contributed by atoms with Crippen molar-refractivity contribution in [2.24, 2.45) is 0 Å². The molecular formula is C12H15BrO. The summed E-state index contributed by atoms with van der Waals surface area (Å²) in [6, 6.07) is 5.87. The summed E-state index contributed by atoms with van der Waals surface area (Å²) in [5.74, 6) is 0. The first-order valence-corrected chi connectivity index (χ1v) is 5.39. The lowest BCUT2D eigenvalue weighted by atomic mass is 10.0. The first-order valence-electron chi connectivity index (χ1n) is 4.60. The second-order valence-electron chi connectivity index (χ2n) is 3.64. The molecule has 1 unspecified atom stereocenters. The van der Waals surface area contributed by atoms with E-state index in [9.17, 15) is 5.11 Å². The lowest BCUT2D eigenvalue weighted by Crippen LogP contribution is -1.97. The average molecular weight is 255 g/mol. The zero-order valence-corrected chi connectivity index (χ0v) is 10.3. The number of aliphatic hydroxyl groups is 1. The fourth-order valence-electron chi connectivity index (χ4n) is 1.35. The first kappa shape index (κ1) is 11.5. The second-order valence-corrected chi connectivity index (χ2v) is 4.50. The fraction of sp³-hybridized carbons (Fsp3) is 0.333. The highest BCUT2D eigenvalue weighted by Gasteiger charge is 2.08. The third-order valence-electron chi connectivity index (χ3n) is 2.12. The topological polar surface area (TPSA) is 20.2 Å². The lowest BCUT2D eigenvalue weighted by molar-refractivity contribution is 0.227. The van der Waals surface area contributed by atoms with Crippen LogP contribution in [0.25, 0.3) is 0 Å². The Morgan fingerprint density at radius 2 is 2.07 bits per heavy atom. The Bertz CT molecular complexity index is 351. The maximum Gasteiger partial charge on any atom is 0.0977 e. The van der Waals surface area contributed by atoms with E-state index in [1.54, 1.807) is 0 Å². The molecule has 1 aromatic carbocycles. The molecule has 0 amide bonds. The smallest absolute Gasteiger partial charge is 0.0977 e. The Balaban J connectivity index is 3.07. The molecule has 0 aliphatic rings. The molecule has 0 aromatic heterocycles. The number of benzene rings is 1. The van der Waals surface area contributed by atoms with Crippen LogP contribution in [-0.4, -0.2) is 5.11 Å². The molecule has 0 heterocycles. The summed E-state index contributed by atoms with van der Waals surface area (Å²) in [5, 5.41) is 9.90. The quantitative estimate of drug-likeness (QED) is 0.798. The number of hydrogen-bond donors (Lipinski definition) is 1. The Labute approximate surface area is 93.6 Å². The van der Waals surface area contributed by atoms with Gasteiger partial charge in [-0.15, -0.1) is 0 Å². The molecule has 0 saturated carbocycles. The van der Waals surface area contributed by atoms with Gasteiger partial charge in [0.25, 0.3) is 0 Å². The van der Waals surface area contributed by atoms with Gasteiger partial charge in [0.1, 0.15) is 0 Å². The molecule has 0 fully saturated rings. The average Bonchev–Trinajstić information content (AvgIpc) is 2.08. The number of aliphatic hydroxyl groups excluding tert-OH is 1. The molecule has 0 spiro atoms. The highest BCUT2D eigenvalue weighted by atomic mass is 79.9. The number of rotatable bonds is 2. The Hall–Kier alpha value is -0.600. The molecule has 1 N–H and O–H groups in total. The monoisotopic (exact) mass is 254 g/mol. The fourth-order valence-corrected chi connectivity index (χ4v) is 1.73. The van der Waals surface area contributed by atoms with Gasteiger partial charge in [0, 0.05) is 4.47 Å². The SMILES string of the molecule is CC(C)=CC(O)c1cccc(Br)c1C. The first-order chi connectivity index (χ1) is 6.52. The van der Waals surface area contributed by atoms with E-state index in [0.717, 1.165) is 21.2 Å². The minimum atomic E-state index is -0.502. The van der Waals surface area contributed by atoms with Crippen LogP contribution in [0.3, 0.4) is 0 Å². The molecular weight excluding hydrogens is 240 g/mol. The van der Waals surface area contributed by atoms with Crippen molar-refractivity contribution in [2.75, 3.05) is 0 Å². The van der Waals surface area contributed by atoms with Crippen LogP contribution in [0, 0.1) is 6.92 Å². The normalized spacial score (nSPS) is 12.4. The molecule has 1 atom stereocenters. The van der Waals surface area contributed by atoms with Crippen molar-refractivity contribution in [1.29, 1.82) is 0 Å². The zero-order chi connectivity index (χ0) is 10.7. The Kier molecular flexibility index (Phi) is 3.90. The maximum absolute atomic E-state index is 9.90. The molecule has 76 valence electrons. The molecule has 14 heavy (non-hydrogen) atoms. The van der Waals surface area contributed by atoms with Gasteiger partial charge in [-0.05, 0) is 38.0 Å². The van der Waals surface area contributed by atoms with Gasteiger partial charge in [-0.3, -0.25) is 0 Å². The van der Waals surface area contributed by atoms with Crippen molar-refractivity contribution >= 4 is 15.9 Å². The molecule has 1 rings (SSSR count). The van der Waals surface area contributed by atoms with E-state index in [-0.39, 0.29) is 0 Å². The number of allylic oxidation sites excluding steroid dienone is 1. The van der Waals surface area contributed by atoms with Gasteiger partial charge in [0.15, 0.2) is 0 Å². The van der Waals surface area contributed by atoms with Crippen LogP contribution in [0.5, 0.6) is 0 Å². The van der Waals surface area contributed by atoms with Crippen LogP contribution in [-0.2, 0) is 0 Å². The van der Waals surface area contributed by atoms with E-state index in [2.05, 4.69) is 15.9 Å². The molecule has 0 bridgehead atoms. The van der Waals surface area contributed by atoms with E-state index >= 15 is 0 Å². The highest BCUT2D eigenvalue weighted by Crippen LogP contribution is 2.25. The molecule has 0 radical (unpaired) electrons. The molecule has 2 heteroatoms. The third-order valence-corrected chi connectivity index (χ3v) is 2.98. The molecule has 0 saturated heterocycles. The van der Waals surface area contributed by atoms with Crippen molar-refractivity contribution in [3.05, 3.63) is 45.4 Å². The summed E-state index contributed by atoms with van der Waals surface area (Å²) in [6.45, 7) is 5.97. The van der Waals surface area contributed by atoms with Crippen LogP contribution >= 0.6 is 15.9 Å². The zero-order valence-electron chi connectivity index (χ0n) is 8.71. The Morgan fingerprint density at radius 3 is 2.64 bits per heavy atom. The van der Waals surface area contributed by atoms with Crippen molar-refractivity contribution in [2.45, 2.75) is 26.9 Å². The lowest BCUT2D eigenvalue weighted by Gasteiger charge is -2.11. The molecule has 0 aliphatic heterocycles. The van der Waals surface area contributed by atoms with Gasteiger partial charge in [0.05, 0.1) is 6.10 Å². The van der Waals surface area contributed by atoms with Crippen LogP contribution < -0.4 is 0 Å². The minimum Gasteiger partial charge on any atom is -0.384 e. The van der Waals surface area contributed by atoms with E-state index in [4.69, 9.17) is 0 Å². The van der Waals surface area contributed by atoms with Gasteiger partial charge >= 0.3 is 0 Å². The standard InChI is InChI=1S/C12H15BrO/c1-8(2)7-12(14)10-5-4-6-11(13)9(10)3/h4-7,12,14H,1-3H3. The van der Waals surface area contributed by atoms with Crippen molar-refractivity contribution in [3.63, 3.8) is 0 Å². The molecule has 0 aliphatic carbocycles. The predicted molar refractivity (Wildman–Crippen MR) is 63.3 cm³/mol. The summed E-state index contributed by atoms with van der Waals surface area (Å²) in [6.07, 6.45) is 1.35. The maximum atomic E-state index is 9.90. The summed E-state index contributed by atoms with van der Waals surface area (Å²) in [7, 11) is 0. The van der Waals surface area contributed by atoms with Crippen LogP contribution in [0.4, 0.5) is 0 Å². The van der Waals surface area contributed by atoms with E-state index < -0.39 is 6.10 Å². The van der Waals surface area contributed by atoms with Gasteiger partial charge in [0.2, 0.25) is 0 Å². The largest absolute Gasteiger partial charge is 0.384 e. The van der Waals surface area contributed by atoms with Crippen LogP contribution in [0.2, 0.25) is 0 Å². The molecule has 1 aromatic rings. The molecule has 1 nitrogen and oxygen atoms in total. The number of hydrogen-bond acceptors (Lipinski definition) is 1. The minimum absolute atomic E-state index is 0.502. The summed E-state index contributed by atoms with van der Waals surface area (Å²) in [4.78, 5) is 0. The Morgan fingerprint density at radius 1 is 1.43 bits per heavy atom. The van der Waals surface area contributed by atoms with Crippen LogP contribution in [0.1, 0.15) is 31.1 Å². The summed E-state index contributed by atoms with van der Waals surface area (Å²) < 4.78 is 1.04. The van der Waals surface area contributed by atoms with Crippen molar-refractivity contribution < 1.29 is 5.11 Å². The summed E-state index contributed by atoms with van der Waals surface area (Å²) in [5.41, 5.74) is 3.18. The van der Waals surface area contributed by atoms with E-state index in [0.29, 0.717) is 0 Å². The van der Waals surface area contributed by atoms with Gasteiger partial charge < -0.3 is 5.11 Å². The predicted octanol–water partition coefficient (Wildman–Crippen LogP) is 3.76. The summed E-state index contributed by atoms with van der Waals surface area (Å²) >= 11 is 3.45. The second kappa shape index (κ2) is 4.76. The van der Waals surface area contributed by atoms with Crippen LogP contribution in [0.15, 0.2) is 34.3 Å². The third kappa shape index (κ3) is 2.69. The van der Waals surface area contributed by atoms with Gasteiger partial charge in [-0.25, -0.2) is 0 Å². The van der Waals surface area contributed by atoms with Crippen molar-refractivity contribution in [3.8, 4) is 0 Å². The highest BCUT2D eigenvalue weighted by molar-refractivity contribution is 9.10. The van der Waals surface area contributed by atoms with Gasteiger partial charge in [-0.2, -0.15) is 0 Å². The number of halogens is 1. The van der Waals surface area contributed by atoms with E-state index in [1.807, 2.05) is 45.0 Å². The van der Waals surface area contributed by atoms with Gasteiger partial charge in [-0.1, -0.05) is 39.7 Å². The van der Waals surface area contributed by atoms with Crippen molar-refractivity contribution in [1.82, 2.24) is 0 Å².